The van der Waals surface area contributed by atoms with Gasteiger partial charge < -0.3 is 15.0 Å². The molecule has 0 atom stereocenters. The Morgan fingerprint density at radius 3 is 2.81 bits per heavy atom. The van der Waals surface area contributed by atoms with Crippen LogP contribution in [0.5, 0.6) is 0 Å². The molecule has 3 rings (SSSR count). The molecule has 0 radical (unpaired) electrons. The average molecular weight is 377 g/mol. The van der Waals surface area contributed by atoms with E-state index in [9.17, 15) is 9.59 Å². The third kappa shape index (κ3) is 4.35. The first-order valence-electron chi connectivity index (χ1n) is 8.49. The summed E-state index contributed by atoms with van der Waals surface area (Å²) in [4.78, 5) is 26.5. The van der Waals surface area contributed by atoms with E-state index in [4.69, 9.17) is 16.3 Å². The largest absolute Gasteiger partial charge is 0.462 e. The van der Waals surface area contributed by atoms with Gasteiger partial charge in [0.2, 0.25) is 0 Å². The number of amides is 2. The summed E-state index contributed by atoms with van der Waals surface area (Å²) in [7, 11) is 1.84. The van der Waals surface area contributed by atoms with Gasteiger partial charge in [0.15, 0.2) is 0 Å². The molecule has 1 aliphatic carbocycles. The maximum Gasteiger partial charge on any atom is 0.339 e. The van der Waals surface area contributed by atoms with Crippen molar-refractivity contribution in [1.82, 2.24) is 14.7 Å². The number of hydrogen-bond donors (Lipinski definition) is 1. The fraction of sp³-hybridized carbons (Fsp3) is 0.389. The third-order valence-corrected chi connectivity index (χ3v) is 4.40. The number of anilines is 1. The predicted molar refractivity (Wildman–Crippen MR) is 98.2 cm³/mol. The molecule has 1 saturated carbocycles. The Labute approximate surface area is 156 Å². The zero-order valence-corrected chi connectivity index (χ0v) is 15.5. The molecule has 1 aliphatic rings. The first kappa shape index (κ1) is 18.3. The topological polar surface area (TPSA) is 76.5 Å². The number of rotatable bonds is 6. The highest BCUT2D eigenvalue weighted by atomic mass is 35.5. The first-order valence-corrected chi connectivity index (χ1v) is 8.87. The minimum Gasteiger partial charge on any atom is -0.462 e. The number of aryl methyl sites for hydroxylation is 1. The number of nitrogens with one attached hydrogen (secondary N) is 1. The van der Waals surface area contributed by atoms with Gasteiger partial charge >= 0.3 is 12.0 Å². The summed E-state index contributed by atoms with van der Waals surface area (Å²) >= 11 is 6.06. The summed E-state index contributed by atoms with van der Waals surface area (Å²) in [6, 6.07) is 4.79. The van der Waals surface area contributed by atoms with E-state index in [0.29, 0.717) is 12.2 Å². The van der Waals surface area contributed by atoms with Gasteiger partial charge in [-0.05, 0) is 38.0 Å². The number of nitrogens with zero attached hydrogens (tertiary/aromatic N) is 3. The zero-order chi connectivity index (χ0) is 18.7. The smallest absolute Gasteiger partial charge is 0.339 e. The zero-order valence-electron chi connectivity index (χ0n) is 14.7. The summed E-state index contributed by atoms with van der Waals surface area (Å²) < 4.78 is 6.70. The van der Waals surface area contributed by atoms with Crippen molar-refractivity contribution < 1.29 is 14.3 Å². The van der Waals surface area contributed by atoms with Gasteiger partial charge in [-0.25, -0.2) is 9.59 Å². The fourth-order valence-corrected chi connectivity index (χ4v) is 2.86. The molecule has 1 N–H and O–H groups in total. The number of urea groups is 1. The second kappa shape index (κ2) is 7.78. The Morgan fingerprint density at radius 2 is 2.19 bits per heavy atom. The average Bonchev–Trinajstić information content (AvgIpc) is 3.36. The van der Waals surface area contributed by atoms with Crippen LogP contribution in [0.2, 0.25) is 5.02 Å². The number of halogens is 1. The van der Waals surface area contributed by atoms with E-state index < -0.39 is 5.97 Å². The number of esters is 1. The molecule has 0 bridgehead atoms. The van der Waals surface area contributed by atoms with E-state index in [1.54, 1.807) is 34.8 Å². The number of ether oxygens (including phenoxy) is 1. The quantitative estimate of drug-likeness (QED) is 0.783. The van der Waals surface area contributed by atoms with Crippen molar-refractivity contribution in [3.63, 3.8) is 0 Å². The van der Waals surface area contributed by atoms with E-state index >= 15 is 0 Å². The van der Waals surface area contributed by atoms with Gasteiger partial charge in [0.1, 0.15) is 0 Å². The van der Waals surface area contributed by atoms with E-state index in [-0.39, 0.29) is 29.3 Å². The lowest BCUT2D eigenvalue weighted by molar-refractivity contribution is 0.0526. The van der Waals surface area contributed by atoms with Gasteiger partial charge in [0, 0.05) is 30.5 Å². The van der Waals surface area contributed by atoms with Crippen molar-refractivity contribution in [1.29, 1.82) is 0 Å². The minimum absolute atomic E-state index is 0.214. The van der Waals surface area contributed by atoms with E-state index in [0.717, 1.165) is 18.4 Å². The van der Waals surface area contributed by atoms with Crippen LogP contribution in [0.1, 0.15) is 35.7 Å². The molecule has 0 unspecified atom stereocenters. The van der Waals surface area contributed by atoms with Gasteiger partial charge in [0.05, 0.1) is 29.9 Å². The van der Waals surface area contributed by atoms with Crippen LogP contribution in [-0.4, -0.2) is 39.3 Å². The van der Waals surface area contributed by atoms with Gasteiger partial charge in [-0.15, -0.1) is 0 Å². The second-order valence-electron chi connectivity index (χ2n) is 6.23. The molecule has 138 valence electrons. The van der Waals surface area contributed by atoms with Gasteiger partial charge in [-0.1, -0.05) is 11.6 Å². The van der Waals surface area contributed by atoms with Crippen LogP contribution >= 0.6 is 11.6 Å². The lowest BCUT2D eigenvalue weighted by Gasteiger charge is -2.22. The summed E-state index contributed by atoms with van der Waals surface area (Å²) in [5.41, 5.74) is 1.70. The van der Waals surface area contributed by atoms with Crippen LogP contribution in [0.3, 0.4) is 0 Å². The Morgan fingerprint density at radius 1 is 1.42 bits per heavy atom. The normalized spacial score (nSPS) is 13.3. The monoisotopic (exact) mass is 376 g/mol. The molecule has 26 heavy (non-hydrogen) atoms. The van der Waals surface area contributed by atoms with Crippen molar-refractivity contribution in [3.05, 3.63) is 46.7 Å². The highest BCUT2D eigenvalue weighted by Crippen LogP contribution is 2.29. The van der Waals surface area contributed by atoms with Crippen LogP contribution in [0.15, 0.2) is 30.6 Å². The maximum atomic E-state index is 12.7. The lowest BCUT2D eigenvalue weighted by atomic mass is 10.2. The first-order chi connectivity index (χ1) is 12.5. The SMILES string of the molecule is CCOC(=O)c1cc(NC(=O)N(Cc2cnn(C)c2)C2CC2)ccc1Cl. The predicted octanol–water partition coefficient (Wildman–Crippen LogP) is 3.45. The second-order valence-corrected chi connectivity index (χ2v) is 6.63. The molecule has 2 amide bonds. The Balaban J connectivity index is 1.73. The van der Waals surface area contributed by atoms with Crippen molar-refractivity contribution >= 4 is 29.3 Å². The van der Waals surface area contributed by atoms with Crippen molar-refractivity contribution in [2.24, 2.45) is 7.05 Å². The van der Waals surface area contributed by atoms with E-state index in [2.05, 4.69) is 10.4 Å². The maximum absolute atomic E-state index is 12.7. The molecule has 2 aromatic rings. The Hall–Kier alpha value is -2.54. The Kier molecular flexibility index (Phi) is 5.46. The molecule has 7 nitrogen and oxygen atoms in total. The van der Waals surface area contributed by atoms with Gasteiger partial charge in [-0.3, -0.25) is 4.68 Å². The summed E-state index contributed by atoms with van der Waals surface area (Å²) in [6.07, 6.45) is 5.62. The van der Waals surface area contributed by atoms with Crippen LogP contribution < -0.4 is 5.32 Å². The van der Waals surface area contributed by atoms with Crippen molar-refractivity contribution in [3.8, 4) is 0 Å². The Bertz CT molecular complexity index is 817. The summed E-state index contributed by atoms with van der Waals surface area (Å²) in [6.45, 7) is 2.47. The molecule has 8 heteroatoms. The molecule has 1 heterocycles. The highest BCUT2D eigenvalue weighted by Gasteiger charge is 2.33. The van der Waals surface area contributed by atoms with Crippen LogP contribution in [0, 0.1) is 0 Å². The fourth-order valence-electron chi connectivity index (χ4n) is 2.67. The van der Waals surface area contributed by atoms with Gasteiger partial charge in [-0.2, -0.15) is 5.10 Å². The molecule has 1 aromatic carbocycles. The lowest BCUT2D eigenvalue weighted by Crippen LogP contribution is -2.36. The van der Waals surface area contributed by atoms with Crippen LogP contribution in [0.4, 0.5) is 10.5 Å². The minimum atomic E-state index is -0.511. The van der Waals surface area contributed by atoms with Gasteiger partial charge in [0.25, 0.3) is 0 Å². The number of aromatic nitrogens is 2. The van der Waals surface area contributed by atoms with Crippen LogP contribution in [-0.2, 0) is 18.3 Å². The molecule has 1 fully saturated rings. The number of carbonyl (C=O) groups is 2. The van der Waals surface area contributed by atoms with Crippen molar-refractivity contribution in [2.45, 2.75) is 32.4 Å². The third-order valence-electron chi connectivity index (χ3n) is 4.07. The molecule has 0 spiro atoms. The molecule has 0 aliphatic heterocycles. The summed E-state index contributed by atoms with van der Waals surface area (Å²) in [5.74, 6) is -0.511. The number of carbonyl (C=O) groups excluding carboxylic acids is 2. The molecular formula is C18H21ClN4O3. The van der Waals surface area contributed by atoms with Crippen molar-refractivity contribution in [2.75, 3.05) is 11.9 Å². The standard InChI is InChI=1S/C18H21ClN4O3/c1-3-26-17(24)15-8-13(4-7-16(15)19)21-18(25)23(14-5-6-14)11-12-9-20-22(2)10-12/h4,7-10,14H,3,5-6,11H2,1-2H3,(H,21,25). The molecule has 1 aromatic heterocycles. The van der Waals surface area contributed by atoms with Crippen LogP contribution in [0.25, 0.3) is 0 Å². The highest BCUT2D eigenvalue weighted by molar-refractivity contribution is 6.33. The molecule has 0 saturated heterocycles. The van der Waals surface area contributed by atoms with E-state index in [1.165, 1.54) is 6.07 Å². The van der Waals surface area contributed by atoms with E-state index in [1.807, 2.05) is 13.2 Å². The molecular weight excluding hydrogens is 356 g/mol. The number of hydrogen-bond acceptors (Lipinski definition) is 4. The number of benzene rings is 1. The summed E-state index contributed by atoms with van der Waals surface area (Å²) in [5, 5.41) is 7.28.